The van der Waals surface area contributed by atoms with E-state index in [-0.39, 0.29) is 25.2 Å². The molecule has 0 aromatic carbocycles. The Morgan fingerprint density at radius 3 is 2.10 bits per heavy atom. The summed E-state index contributed by atoms with van der Waals surface area (Å²) in [6, 6.07) is -3.13. The maximum Gasteiger partial charge on any atom is 0.326 e. The van der Waals surface area contributed by atoms with E-state index >= 15 is 0 Å². The van der Waals surface area contributed by atoms with E-state index in [1.807, 2.05) is 6.26 Å². The van der Waals surface area contributed by atoms with Gasteiger partial charge in [0, 0.05) is 6.42 Å². The number of carbonyl (C=O) groups excluding carboxylic acids is 3. The predicted molar refractivity (Wildman–Crippen MR) is 107 cm³/mol. The highest BCUT2D eigenvalue weighted by Crippen LogP contribution is 2.04. The Balaban J connectivity index is 4.78. The van der Waals surface area contributed by atoms with E-state index in [1.165, 1.54) is 11.8 Å². The molecule has 0 aromatic heterocycles. The van der Waals surface area contributed by atoms with Crippen molar-refractivity contribution >= 4 is 41.4 Å². The molecule has 29 heavy (non-hydrogen) atoms. The number of amides is 3. The van der Waals surface area contributed by atoms with Gasteiger partial charge in [-0.1, -0.05) is 13.8 Å². The Morgan fingerprint density at radius 2 is 1.62 bits per heavy atom. The van der Waals surface area contributed by atoms with Gasteiger partial charge in [-0.3, -0.25) is 19.2 Å². The fourth-order valence-corrected chi connectivity index (χ4v) is 2.69. The SMILES string of the molecule is CSCCC(NC(=O)C(N)CCC(=O)O)C(=O)NCC(=O)NC(C(=O)O)C(C)C. The first kappa shape index (κ1) is 26.7. The first-order chi connectivity index (χ1) is 13.5. The third-order valence-electron chi connectivity index (χ3n) is 3.92. The number of carboxylic acids is 2. The topological polar surface area (TPSA) is 188 Å². The second-order valence-electron chi connectivity index (χ2n) is 6.73. The van der Waals surface area contributed by atoms with Crippen LogP contribution in [-0.4, -0.2) is 76.6 Å². The van der Waals surface area contributed by atoms with Crippen LogP contribution in [0.15, 0.2) is 0 Å². The number of aliphatic carboxylic acids is 2. The minimum absolute atomic E-state index is 0.0772. The number of rotatable bonds is 14. The van der Waals surface area contributed by atoms with Crippen LogP contribution in [0.3, 0.4) is 0 Å². The standard InChI is InChI=1S/C17H30N4O7S/c1-9(2)14(17(27)28)21-12(22)8-19-16(26)11(6-7-29-3)20-15(25)10(18)4-5-13(23)24/h9-11,14H,4-8,18H2,1-3H3,(H,19,26)(H,20,25)(H,21,22)(H,23,24)(H,27,28). The van der Waals surface area contributed by atoms with E-state index in [1.54, 1.807) is 13.8 Å². The van der Waals surface area contributed by atoms with E-state index in [4.69, 9.17) is 15.9 Å². The number of carbonyl (C=O) groups is 5. The molecule has 0 aliphatic rings. The van der Waals surface area contributed by atoms with Crippen LogP contribution in [0.5, 0.6) is 0 Å². The van der Waals surface area contributed by atoms with E-state index in [0.29, 0.717) is 5.75 Å². The first-order valence-electron chi connectivity index (χ1n) is 9.06. The highest BCUT2D eigenvalue weighted by Gasteiger charge is 2.26. The van der Waals surface area contributed by atoms with E-state index < -0.39 is 54.3 Å². The molecule has 0 spiro atoms. The number of hydrogen-bond donors (Lipinski definition) is 6. The van der Waals surface area contributed by atoms with Crippen LogP contribution in [0.4, 0.5) is 0 Å². The zero-order valence-corrected chi connectivity index (χ0v) is 17.6. The van der Waals surface area contributed by atoms with Crippen molar-refractivity contribution in [2.75, 3.05) is 18.6 Å². The predicted octanol–water partition coefficient (Wildman–Crippen LogP) is -1.24. The van der Waals surface area contributed by atoms with E-state index in [9.17, 15) is 24.0 Å². The fraction of sp³-hybridized carbons (Fsp3) is 0.706. The summed E-state index contributed by atoms with van der Waals surface area (Å²) in [5.41, 5.74) is 5.64. The maximum atomic E-state index is 12.4. The minimum Gasteiger partial charge on any atom is -0.481 e. The molecule has 3 atom stereocenters. The van der Waals surface area contributed by atoms with Gasteiger partial charge < -0.3 is 31.9 Å². The summed E-state index contributed by atoms with van der Waals surface area (Å²) >= 11 is 1.45. The number of nitrogens with two attached hydrogens (primary N) is 1. The molecule has 0 bridgehead atoms. The molecule has 0 fully saturated rings. The van der Waals surface area contributed by atoms with Gasteiger partial charge in [0.2, 0.25) is 17.7 Å². The molecule has 0 rings (SSSR count). The molecule has 0 heterocycles. The average Bonchev–Trinajstić information content (AvgIpc) is 2.64. The summed E-state index contributed by atoms with van der Waals surface area (Å²) in [6.45, 7) is 2.82. The lowest BCUT2D eigenvalue weighted by Gasteiger charge is -2.21. The average molecular weight is 435 g/mol. The summed E-state index contributed by atoms with van der Waals surface area (Å²) in [5, 5.41) is 24.9. The minimum atomic E-state index is -1.18. The van der Waals surface area contributed by atoms with Gasteiger partial charge in [-0.2, -0.15) is 11.8 Å². The second-order valence-corrected chi connectivity index (χ2v) is 7.71. The zero-order valence-electron chi connectivity index (χ0n) is 16.8. The number of nitrogens with one attached hydrogen (secondary N) is 3. The van der Waals surface area contributed by atoms with Crippen molar-refractivity contribution < 1.29 is 34.2 Å². The van der Waals surface area contributed by atoms with Crippen molar-refractivity contribution in [2.45, 2.75) is 51.2 Å². The van der Waals surface area contributed by atoms with Gasteiger partial charge in [0.1, 0.15) is 12.1 Å². The van der Waals surface area contributed by atoms with Crippen LogP contribution in [0, 0.1) is 5.92 Å². The molecular formula is C17H30N4O7S. The van der Waals surface area contributed by atoms with Gasteiger partial charge >= 0.3 is 11.9 Å². The summed E-state index contributed by atoms with van der Waals surface area (Å²) in [5.74, 6) is -4.02. The zero-order chi connectivity index (χ0) is 22.6. The van der Waals surface area contributed by atoms with E-state index in [0.717, 1.165) is 0 Å². The van der Waals surface area contributed by atoms with Gasteiger partial charge in [-0.15, -0.1) is 0 Å². The molecule has 0 radical (unpaired) electrons. The molecular weight excluding hydrogens is 404 g/mol. The van der Waals surface area contributed by atoms with Crippen molar-refractivity contribution in [2.24, 2.45) is 11.7 Å². The Hall–Kier alpha value is -2.34. The van der Waals surface area contributed by atoms with Crippen molar-refractivity contribution in [3.05, 3.63) is 0 Å². The summed E-state index contributed by atoms with van der Waals surface area (Å²) in [4.78, 5) is 58.1. The normalized spacial score (nSPS) is 13.8. The van der Waals surface area contributed by atoms with Gasteiger partial charge in [0.25, 0.3) is 0 Å². The summed E-state index contributed by atoms with van der Waals surface area (Å²) in [7, 11) is 0. The Labute approximate surface area is 173 Å². The molecule has 3 amide bonds. The van der Waals surface area contributed by atoms with Crippen LogP contribution in [0.2, 0.25) is 0 Å². The number of carboxylic acid groups (broad SMARTS) is 2. The third-order valence-corrected chi connectivity index (χ3v) is 4.57. The van der Waals surface area contributed by atoms with Gasteiger partial charge in [-0.25, -0.2) is 4.79 Å². The largest absolute Gasteiger partial charge is 0.481 e. The molecule has 12 heteroatoms. The highest BCUT2D eigenvalue weighted by atomic mass is 32.2. The molecule has 11 nitrogen and oxygen atoms in total. The lowest BCUT2D eigenvalue weighted by molar-refractivity contribution is -0.143. The Bertz CT molecular complexity index is 600. The van der Waals surface area contributed by atoms with Crippen molar-refractivity contribution in [3.63, 3.8) is 0 Å². The van der Waals surface area contributed by atoms with Gasteiger partial charge in [0.15, 0.2) is 0 Å². The third kappa shape index (κ3) is 11.3. The van der Waals surface area contributed by atoms with Crippen molar-refractivity contribution in [1.29, 1.82) is 0 Å². The van der Waals surface area contributed by atoms with Crippen LogP contribution in [0.25, 0.3) is 0 Å². The molecule has 0 saturated heterocycles. The van der Waals surface area contributed by atoms with Gasteiger partial charge in [-0.05, 0) is 30.8 Å². The van der Waals surface area contributed by atoms with Crippen LogP contribution in [0.1, 0.15) is 33.1 Å². The van der Waals surface area contributed by atoms with Crippen LogP contribution >= 0.6 is 11.8 Å². The summed E-state index contributed by atoms with van der Waals surface area (Å²) < 4.78 is 0. The molecule has 0 saturated carbocycles. The second kappa shape index (κ2) is 13.8. The monoisotopic (exact) mass is 434 g/mol. The lowest BCUT2D eigenvalue weighted by Crippen LogP contribution is -2.54. The smallest absolute Gasteiger partial charge is 0.326 e. The molecule has 3 unspecified atom stereocenters. The molecule has 0 aliphatic heterocycles. The summed E-state index contributed by atoms with van der Waals surface area (Å²) in [6.07, 6.45) is 1.74. The lowest BCUT2D eigenvalue weighted by atomic mass is 10.0. The number of thioether (sulfide) groups is 1. The fourth-order valence-electron chi connectivity index (χ4n) is 2.22. The van der Waals surface area contributed by atoms with Crippen LogP contribution in [-0.2, 0) is 24.0 Å². The van der Waals surface area contributed by atoms with Crippen molar-refractivity contribution in [1.82, 2.24) is 16.0 Å². The quantitative estimate of drug-likeness (QED) is 0.194. The Kier molecular flexibility index (Phi) is 12.7. The maximum absolute atomic E-state index is 12.4. The molecule has 0 aromatic rings. The van der Waals surface area contributed by atoms with Crippen molar-refractivity contribution in [3.8, 4) is 0 Å². The molecule has 7 N–H and O–H groups in total. The van der Waals surface area contributed by atoms with E-state index in [2.05, 4.69) is 16.0 Å². The highest BCUT2D eigenvalue weighted by molar-refractivity contribution is 7.98. The van der Waals surface area contributed by atoms with Gasteiger partial charge in [0.05, 0.1) is 12.6 Å². The number of hydrogen-bond acceptors (Lipinski definition) is 7. The Morgan fingerprint density at radius 1 is 1.00 bits per heavy atom. The molecule has 0 aliphatic carbocycles. The molecule has 166 valence electrons. The first-order valence-corrected chi connectivity index (χ1v) is 10.5. The van der Waals surface area contributed by atoms with Crippen LogP contribution < -0.4 is 21.7 Å².